The summed E-state index contributed by atoms with van der Waals surface area (Å²) in [6, 6.07) is 25.1. The molecule has 0 heterocycles. The largest absolute Gasteiger partial charge is 0.0620 e. The Bertz CT molecular complexity index is 1480. The van der Waals surface area contributed by atoms with E-state index in [1.54, 1.807) is 0 Å². The van der Waals surface area contributed by atoms with Crippen molar-refractivity contribution in [1.29, 1.82) is 0 Å². The van der Waals surface area contributed by atoms with E-state index in [1.165, 1.54) is 72.3 Å². The normalized spacial score (nSPS) is 16.2. The second kappa shape index (κ2) is 6.48. The van der Waals surface area contributed by atoms with Crippen LogP contribution in [0.3, 0.4) is 0 Å². The highest BCUT2D eigenvalue weighted by Gasteiger charge is 2.47. The second-order valence-corrected chi connectivity index (χ2v) is 11.2. The van der Waals surface area contributed by atoms with Crippen LogP contribution in [0.25, 0.3) is 33.4 Å². The minimum Gasteiger partial charge on any atom is -0.0620 e. The molecule has 0 radical (unpaired) electrons. The summed E-state index contributed by atoms with van der Waals surface area (Å²) >= 11 is 0. The molecule has 0 heteroatoms. The maximum absolute atomic E-state index is 2.43. The lowest BCUT2D eigenvalue weighted by molar-refractivity contribution is 0.601. The first-order valence-corrected chi connectivity index (χ1v) is 12.1. The van der Waals surface area contributed by atoms with Gasteiger partial charge in [-0.15, -0.1) is 0 Å². The first-order chi connectivity index (χ1) is 15.7. The fourth-order valence-corrected chi connectivity index (χ4v) is 6.83. The summed E-state index contributed by atoms with van der Waals surface area (Å²) in [5.74, 6) is 0. The molecule has 4 aromatic rings. The van der Waals surface area contributed by atoms with E-state index in [0.29, 0.717) is 0 Å². The van der Waals surface area contributed by atoms with Gasteiger partial charge < -0.3 is 0 Å². The Morgan fingerprint density at radius 1 is 0.515 bits per heavy atom. The van der Waals surface area contributed by atoms with Crippen LogP contribution >= 0.6 is 0 Å². The van der Waals surface area contributed by atoms with Gasteiger partial charge in [0.1, 0.15) is 0 Å². The van der Waals surface area contributed by atoms with Crippen LogP contribution in [0.1, 0.15) is 66.6 Å². The molecule has 0 bridgehead atoms. The maximum Gasteiger partial charge on any atom is 0.0162 e. The van der Waals surface area contributed by atoms with Crippen LogP contribution in [0.5, 0.6) is 0 Å². The molecule has 164 valence electrons. The molecule has 0 amide bonds. The molecule has 2 aliphatic carbocycles. The number of hydrogen-bond acceptors (Lipinski definition) is 0. The van der Waals surface area contributed by atoms with Gasteiger partial charge in [-0.25, -0.2) is 0 Å². The molecule has 0 N–H and O–H groups in total. The Morgan fingerprint density at radius 2 is 1.09 bits per heavy atom. The molecule has 0 saturated carbocycles. The maximum atomic E-state index is 2.43. The highest BCUT2D eigenvalue weighted by atomic mass is 14.5. The molecule has 0 aromatic heterocycles. The van der Waals surface area contributed by atoms with Crippen molar-refractivity contribution in [3.63, 3.8) is 0 Å². The predicted octanol–water partition coefficient (Wildman–Crippen LogP) is 8.89. The Labute approximate surface area is 198 Å². The van der Waals surface area contributed by atoms with Crippen LogP contribution in [0, 0.1) is 20.8 Å². The lowest BCUT2D eigenvalue weighted by Crippen LogP contribution is -2.24. The molecule has 0 spiro atoms. The summed E-state index contributed by atoms with van der Waals surface area (Å²) < 4.78 is 0. The van der Waals surface area contributed by atoms with Crippen molar-refractivity contribution in [3.05, 3.63) is 106 Å². The summed E-state index contributed by atoms with van der Waals surface area (Å²) in [5, 5.41) is 0. The molecular formula is C33H32. The zero-order valence-corrected chi connectivity index (χ0v) is 20.9. The Hall–Kier alpha value is -3.12. The van der Waals surface area contributed by atoms with Crippen LogP contribution in [-0.2, 0) is 10.8 Å². The fraction of sp³-hybridized carbons (Fsp3) is 0.273. The van der Waals surface area contributed by atoms with Gasteiger partial charge in [0.15, 0.2) is 0 Å². The van der Waals surface area contributed by atoms with Crippen LogP contribution < -0.4 is 0 Å². The lowest BCUT2D eigenvalue weighted by Gasteiger charge is -2.32. The average Bonchev–Trinajstić information content (AvgIpc) is 3.15. The Balaban J connectivity index is 1.87. The summed E-state index contributed by atoms with van der Waals surface area (Å²) in [6.07, 6.45) is 0. The highest BCUT2D eigenvalue weighted by molar-refractivity contribution is 6.02. The van der Waals surface area contributed by atoms with E-state index in [1.807, 2.05) is 0 Å². The van der Waals surface area contributed by atoms with Gasteiger partial charge in [-0.05, 0) is 87.5 Å². The van der Waals surface area contributed by atoms with Crippen molar-refractivity contribution < 1.29 is 0 Å². The number of rotatable bonds is 1. The first-order valence-electron chi connectivity index (χ1n) is 12.1. The van der Waals surface area contributed by atoms with Gasteiger partial charge >= 0.3 is 0 Å². The first kappa shape index (κ1) is 20.5. The van der Waals surface area contributed by atoms with Crippen molar-refractivity contribution in [3.8, 4) is 33.4 Å². The van der Waals surface area contributed by atoms with E-state index in [-0.39, 0.29) is 10.8 Å². The molecule has 0 saturated heterocycles. The van der Waals surface area contributed by atoms with Crippen LogP contribution in [0.2, 0.25) is 0 Å². The van der Waals surface area contributed by atoms with E-state index in [2.05, 4.69) is 115 Å². The molecule has 0 nitrogen and oxygen atoms in total. The summed E-state index contributed by atoms with van der Waals surface area (Å²) in [7, 11) is 0. The van der Waals surface area contributed by atoms with E-state index >= 15 is 0 Å². The Kier molecular flexibility index (Phi) is 4.02. The summed E-state index contributed by atoms with van der Waals surface area (Å²) in [6.45, 7) is 16.6. The average molecular weight is 429 g/mol. The molecular weight excluding hydrogens is 396 g/mol. The van der Waals surface area contributed by atoms with Crippen LogP contribution in [0.15, 0.2) is 66.7 Å². The number of aryl methyl sites for hydroxylation is 2. The summed E-state index contributed by atoms with van der Waals surface area (Å²) in [5.41, 5.74) is 18.5. The third-order valence-electron chi connectivity index (χ3n) is 8.40. The molecule has 4 aromatic carbocycles. The van der Waals surface area contributed by atoms with Gasteiger partial charge in [0.2, 0.25) is 0 Å². The van der Waals surface area contributed by atoms with Crippen LogP contribution in [-0.4, -0.2) is 0 Å². The minimum absolute atomic E-state index is 0.0326. The van der Waals surface area contributed by atoms with Crippen molar-refractivity contribution in [2.45, 2.75) is 59.3 Å². The zero-order chi connectivity index (χ0) is 23.3. The van der Waals surface area contributed by atoms with Crippen molar-refractivity contribution in [1.82, 2.24) is 0 Å². The van der Waals surface area contributed by atoms with E-state index < -0.39 is 0 Å². The van der Waals surface area contributed by atoms with Crippen molar-refractivity contribution in [2.24, 2.45) is 0 Å². The Morgan fingerprint density at radius 3 is 1.82 bits per heavy atom. The second-order valence-electron chi connectivity index (χ2n) is 11.2. The molecule has 0 atom stereocenters. The molecule has 0 unspecified atom stereocenters. The van der Waals surface area contributed by atoms with Crippen LogP contribution in [0.4, 0.5) is 0 Å². The van der Waals surface area contributed by atoms with Gasteiger partial charge in [0.05, 0.1) is 0 Å². The van der Waals surface area contributed by atoms with Crippen molar-refractivity contribution in [2.75, 3.05) is 0 Å². The molecule has 0 aliphatic heterocycles. The molecule has 0 fully saturated rings. The quantitative estimate of drug-likeness (QED) is 0.284. The third kappa shape index (κ3) is 2.47. The predicted molar refractivity (Wildman–Crippen MR) is 141 cm³/mol. The SMILES string of the molecule is Cc1ccc2c(c1)C(C)(C)c1c-2c(C)c(-c2ccccc2C)c2c1C(C)(C)c1ccccc1-2. The van der Waals surface area contributed by atoms with Crippen molar-refractivity contribution >= 4 is 0 Å². The topological polar surface area (TPSA) is 0 Å². The zero-order valence-electron chi connectivity index (χ0n) is 20.9. The van der Waals surface area contributed by atoms with Gasteiger partial charge in [-0.3, -0.25) is 0 Å². The minimum atomic E-state index is -0.0461. The highest BCUT2D eigenvalue weighted by Crippen LogP contribution is 2.62. The molecule has 2 aliphatic rings. The van der Waals surface area contributed by atoms with E-state index in [9.17, 15) is 0 Å². The summed E-state index contributed by atoms with van der Waals surface area (Å²) in [4.78, 5) is 0. The monoisotopic (exact) mass is 428 g/mol. The van der Waals surface area contributed by atoms with Gasteiger partial charge in [-0.2, -0.15) is 0 Å². The smallest absolute Gasteiger partial charge is 0.0162 e. The fourth-order valence-electron chi connectivity index (χ4n) is 6.83. The van der Waals surface area contributed by atoms with E-state index in [0.717, 1.165) is 0 Å². The third-order valence-corrected chi connectivity index (χ3v) is 8.40. The number of benzene rings is 4. The molecule has 33 heavy (non-hydrogen) atoms. The number of hydrogen-bond donors (Lipinski definition) is 0. The van der Waals surface area contributed by atoms with E-state index in [4.69, 9.17) is 0 Å². The number of fused-ring (bicyclic) bond motifs is 7. The van der Waals surface area contributed by atoms with Gasteiger partial charge in [-0.1, -0.05) is 100.0 Å². The standard InChI is InChI=1S/C33H32/c1-19-16-17-24-26(18-19)33(6,7)30-28(24)21(3)27(22-13-9-8-12-20(22)2)29-23-14-10-11-15-25(23)32(4,5)31(29)30/h8-18H,1-7H3. The van der Waals surface area contributed by atoms with Gasteiger partial charge in [0.25, 0.3) is 0 Å². The van der Waals surface area contributed by atoms with Gasteiger partial charge in [0, 0.05) is 10.8 Å². The lowest BCUT2D eigenvalue weighted by atomic mass is 9.70. The molecule has 6 rings (SSSR count).